The lowest BCUT2D eigenvalue weighted by Gasteiger charge is -2.24. The largest absolute Gasteiger partial charge is 0.497 e. The van der Waals surface area contributed by atoms with Crippen LogP contribution in [0.1, 0.15) is 24.9 Å². The highest BCUT2D eigenvalue weighted by Crippen LogP contribution is 2.21. The second-order valence-electron chi connectivity index (χ2n) is 5.76. The first-order chi connectivity index (χ1) is 11.8. The number of benzene rings is 1. The molecule has 9 heteroatoms. The molecule has 0 aliphatic rings. The fourth-order valence-corrected chi connectivity index (χ4v) is 2.24. The van der Waals surface area contributed by atoms with E-state index in [4.69, 9.17) is 4.74 Å². The Hall–Kier alpha value is -1.23. The molecule has 0 saturated carbocycles. The summed E-state index contributed by atoms with van der Waals surface area (Å²) in [6.45, 7) is 2.66. The summed E-state index contributed by atoms with van der Waals surface area (Å²) in [5.41, 5.74) is 1.06. The lowest BCUT2D eigenvalue weighted by Crippen LogP contribution is -2.39. The van der Waals surface area contributed by atoms with Crippen LogP contribution in [0.4, 0.5) is 13.2 Å². The molecule has 0 bridgehead atoms. The van der Waals surface area contributed by atoms with E-state index in [1.807, 2.05) is 50.2 Å². The van der Waals surface area contributed by atoms with Gasteiger partial charge in [0.1, 0.15) is 5.75 Å². The molecule has 1 unspecified atom stereocenters. The maximum atomic E-state index is 12.3. The Morgan fingerprint density at radius 1 is 1.19 bits per heavy atom. The van der Waals surface area contributed by atoms with Gasteiger partial charge >= 0.3 is 6.18 Å². The maximum Gasteiger partial charge on any atom is 0.390 e. The average molecular weight is 488 g/mol. The van der Waals surface area contributed by atoms with Crippen LogP contribution in [0.5, 0.6) is 5.75 Å². The van der Waals surface area contributed by atoms with Crippen molar-refractivity contribution in [2.45, 2.75) is 25.6 Å². The van der Waals surface area contributed by atoms with Crippen molar-refractivity contribution >= 4 is 29.9 Å². The predicted octanol–water partition coefficient (Wildman–Crippen LogP) is 3.42. The fraction of sp³-hybridized carbons (Fsp3) is 0.588. The van der Waals surface area contributed by atoms with Crippen LogP contribution < -0.4 is 15.4 Å². The van der Waals surface area contributed by atoms with Crippen molar-refractivity contribution in [3.05, 3.63) is 29.8 Å². The molecule has 0 aromatic heterocycles. The van der Waals surface area contributed by atoms with Gasteiger partial charge < -0.3 is 20.3 Å². The minimum atomic E-state index is -4.18. The quantitative estimate of drug-likeness (QED) is 0.335. The molecule has 0 saturated heterocycles. The van der Waals surface area contributed by atoms with Crippen molar-refractivity contribution in [1.82, 2.24) is 15.5 Å². The molecule has 0 aliphatic carbocycles. The van der Waals surface area contributed by atoms with Gasteiger partial charge in [-0.1, -0.05) is 12.1 Å². The second kappa shape index (κ2) is 12.2. The van der Waals surface area contributed by atoms with E-state index in [0.29, 0.717) is 19.0 Å². The topological polar surface area (TPSA) is 48.9 Å². The third kappa shape index (κ3) is 9.46. The summed E-state index contributed by atoms with van der Waals surface area (Å²) in [6, 6.07) is 7.68. The highest BCUT2D eigenvalue weighted by atomic mass is 127. The number of halogens is 4. The Morgan fingerprint density at radius 3 is 2.27 bits per heavy atom. The molecule has 0 fully saturated rings. The molecule has 0 spiro atoms. The lowest BCUT2D eigenvalue weighted by atomic mass is 10.1. The zero-order chi connectivity index (χ0) is 18.9. The van der Waals surface area contributed by atoms with Crippen molar-refractivity contribution in [1.29, 1.82) is 0 Å². The van der Waals surface area contributed by atoms with Crippen LogP contribution in [0.25, 0.3) is 0 Å². The monoisotopic (exact) mass is 488 g/mol. The SMILES string of the molecule is CCNC(=NCC(c1ccc(OC)cc1)N(C)C)NCCC(F)(F)F.I. The molecule has 1 aromatic carbocycles. The van der Waals surface area contributed by atoms with E-state index in [1.165, 1.54) is 0 Å². The van der Waals surface area contributed by atoms with Gasteiger partial charge in [0.05, 0.1) is 26.1 Å². The van der Waals surface area contributed by atoms with Crippen LogP contribution in [0.3, 0.4) is 0 Å². The number of aliphatic imine (C=N–C) groups is 1. The number of hydrogen-bond acceptors (Lipinski definition) is 3. The van der Waals surface area contributed by atoms with Gasteiger partial charge in [0.15, 0.2) is 5.96 Å². The average Bonchev–Trinajstić information content (AvgIpc) is 2.54. The fourth-order valence-electron chi connectivity index (χ4n) is 2.24. The van der Waals surface area contributed by atoms with Crippen molar-refractivity contribution < 1.29 is 17.9 Å². The van der Waals surface area contributed by atoms with Gasteiger partial charge in [-0.25, -0.2) is 0 Å². The summed E-state index contributed by atoms with van der Waals surface area (Å²) < 4.78 is 42.0. The third-order valence-corrected chi connectivity index (χ3v) is 3.59. The van der Waals surface area contributed by atoms with Gasteiger partial charge in [0.25, 0.3) is 0 Å². The van der Waals surface area contributed by atoms with Crippen LogP contribution in [0.2, 0.25) is 0 Å². The minimum Gasteiger partial charge on any atom is -0.497 e. The van der Waals surface area contributed by atoms with E-state index in [0.717, 1.165) is 11.3 Å². The Labute approximate surface area is 170 Å². The minimum absolute atomic E-state index is 0. The van der Waals surface area contributed by atoms with E-state index in [-0.39, 0.29) is 36.6 Å². The second-order valence-corrected chi connectivity index (χ2v) is 5.76. The zero-order valence-electron chi connectivity index (χ0n) is 15.6. The number of ether oxygens (including phenoxy) is 1. The summed E-state index contributed by atoms with van der Waals surface area (Å²) in [4.78, 5) is 6.45. The van der Waals surface area contributed by atoms with E-state index < -0.39 is 12.6 Å². The van der Waals surface area contributed by atoms with Crippen LogP contribution in [-0.4, -0.2) is 57.9 Å². The molecular weight excluding hydrogens is 460 g/mol. The number of methoxy groups -OCH3 is 1. The highest BCUT2D eigenvalue weighted by molar-refractivity contribution is 14.0. The molecule has 1 atom stereocenters. The zero-order valence-corrected chi connectivity index (χ0v) is 17.9. The first-order valence-corrected chi connectivity index (χ1v) is 8.16. The molecule has 5 nitrogen and oxygen atoms in total. The Bertz CT molecular complexity index is 536. The molecule has 1 rings (SSSR count). The van der Waals surface area contributed by atoms with E-state index >= 15 is 0 Å². The van der Waals surface area contributed by atoms with Gasteiger partial charge in [-0.15, -0.1) is 24.0 Å². The van der Waals surface area contributed by atoms with Gasteiger partial charge in [0.2, 0.25) is 0 Å². The standard InChI is InChI=1S/C17H27F3N4O.HI/c1-5-21-16(22-11-10-17(18,19)20)23-12-15(24(2)3)13-6-8-14(25-4)9-7-13;/h6-9,15H,5,10-12H2,1-4H3,(H2,21,22,23);1H. The van der Waals surface area contributed by atoms with Gasteiger partial charge in [-0.05, 0) is 38.7 Å². The molecular formula is C17H28F3IN4O. The van der Waals surface area contributed by atoms with Crippen molar-refractivity contribution in [2.75, 3.05) is 40.8 Å². The predicted molar refractivity (Wildman–Crippen MR) is 109 cm³/mol. The number of likely N-dealkylation sites (N-methyl/N-ethyl adjacent to an activating group) is 1. The normalized spacial score (nSPS) is 13.2. The Kier molecular flexibility index (Phi) is 11.6. The van der Waals surface area contributed by atoms with Crippen molar-refractivity contribution in [3.63, 3.8) is 0 Å². The molecule has 0 amide bonds. The smallest absolute Gasteiger partial charge is 0.390 e. The van der Waals surface area contributed by atoms with Gasteiger partial charge in [-0.3, -0.25) is 4.99 Å². The third-order valence-electron chi connectivity index (χ3n) is 3.59. The summed E-state index contributed by atoms with van der Waals surface area (Å²) in [6.07, 6.45) is -5.08. The van der Waals surface area contributed by atoms with Gasteiger partial charge in [0, 0.05) is 13.1 Å². The van der Waals surface area contributed by atoms with E-state index in [2.05, 4.69) is 15.6 Å². The molecule has 0 aliphatic heterocycles. The van der Waals surface area contributed by atoms with Crippen LogP contribution in [0.15, 0.2) is 29.3 Å². The number of guanidine groups is 1. The van der Waals surface area contributed by atoms with Crippen LogP contribution >= 0.6 is 24.0 Å². The van der Waals surface area contributed by atoms with Gasteiger partial charge in [-0.2, -0.15) is 13.2 Å². The summed E-state index contributed by atoms with van der Waals surface area (Å²) >= 11 is 0. The van der Waals surface area contributed by atoms with Crippen LogP contribution in [0, 0.1) is 0 Å². The summed E-state index contributed by atoms with van der Waals surface area (Å²) in [5, 5.41) is 5.69. The Balaban J connectivity index is 0.00000625. The first kappa shape index (κ1) is 24.8. The van der Waals surface area contributed by atoms with Crippen molar-refractivity contribution in [2.24, 2.45) is 4.99 Å². The summed E-state index contributed by atoms with van der Waals surface area (Å²) in [5.74, 6) is 1.15. The number of nitrogens with zero attached hydrogens (tertiary/aromatic N) is 2. The molecule has 26 heavy (non-hydrogen) atoms. The number of hydrogen-bond donors (Lipinski definition) is 2. The summed E-state index contributed by atoms with van der Waals surface area (Å²) in [7, 11) is 5.49. The lowest BCUT2D eigenvalue weighted by molar-refractivity contribution is -0.132. The molecule has 2 N–H and O–H groups in total. The number of alkyl halides is 3. The van der Waals surface area contributed by atoms with E-state index in [9.17, 15) is 13.2 Å². The van der Waals surface area contributed by atoms with Crippen molar-refractivity contribution in [3.8, 4) is 5.75 Å². The molecule has 0 heterocycles. The number of nitrogens with one attached hydrogen (secondary N) is 2. The van der Waals surface area contributed by atoms with Crippen LogP contribution in [-0.2, 0) is 0 Å². The maximum absolute atomic E-state index is 12.3. The first-order valence-electron chi connectivity index (χ1n) is 8.16. The highest BCUT2D eigenvalue weighted by Gasteiger charge is 2.26. The van der Waals surface area contributed by atoms with E-state index in [1.54, 1.807) is 7.11 Å². The Morgan fingerprint density at radius 2 is 1.81 bits per heavy atom. The number of rotatable bonds is 8. The molecule has 150 valence electrons. The molecule has 0 radical (unpaired) electrons. The molecule has 1 aromatic rings.